The smallest absolute Gasteiger partial charge is 0.320 e. The number of nitrogens with two attached hydrogens (primary N) is 1. The van der Waals surface area contributed by atoms with Crippen LogP contribution in [0.1, 0.15) is 18.9 Å². The average Bonchev–Trinajstić information content (AvgIpc) is 2.72. The molecular weight excluding hydrogens is 399 g/mol. The molecule has 90 valence electrons. The minimum Gasteiger partial charge on any atom is -0.406 e. The first-order valence-electron chi connectivity index (χ1n) is 4.87. The summed E-state index contributed by atoms with van der Waals surface area (Å²) in [5, 5.41) is 10.8. The van der Waals surface area contributed by atoms with Crippen LogP contribution in [0.4, 0.5) is 11.7 Å². The van der Waals surface area contributed by atoms with Gasteiger partial charge in [-0.3, -0.25) is 0 Å². The average molecular weight is 409 g/mol. The van der Waals surface area contributed by atoms with Gasteiger partial charge in [0.25, 0.3) is 0 Å². The van der Waals surface area contributed by atoms with E-state index in [1.54, 1.807) is 6.92 Å². The molecule has 1 unspecified atom stereocenters. The Balaban J connectivity index is 2.22. The van der Waals surface area contributed by atoms with Crippen LogP contribution in [0.15, 0.2) is 27.1 Å². The first-order valence-corrected chi connectivity index (χ1v) is 6.74. The molecule has 0 spiro atoms. The predicted molar refractivity (Wildman–Crippen MR) is 77.0 cm³/mol. The van der Waals surface area contributed by atoms with Gasteiger partial charge in [0.1, 0.15) is 0 Å². The number of hydrogen-bond donors (Lipinski definition) is 2. The fourth-order valence-electron chi connectivity index (χ4n) is 1.18. The van der Waals surface area contributed by atoms with Crippen molar-refractivity contribution in [1.82, 2.24) is 10.2 Å². The normalized spacial score (nSPS) is 12.5. The highest BCUT2D eigenvalue weighted by molar-refractivity contribution is 14.1. The zero-order valence-electron chi connectivity index (χ0n) is 8.95. The van der Waals surface area contributed by atoms with Gasteiger partial charge in [-0.25, -0.2) is 0 Å². The highest BCUT2D eigenvalue weighted by Crippen LogP contribution is 2.26. The molecule has 0 fully saturated rings. The van der Waals surface area contributed by atoms with Crippen LogP contribution in [-0.4, -0.2) is 10.2 Å². The first kappa shape index (κ1) is 12.8. The van der Waals surface area contributed by atoms with Gasteiger partial charge in [-0.15, -0.1) is 5.10 Å². The van der Waals surface area contributed by atoms with Crippen molar-refractivity contribution >= 4 is 50.2 Å². The third-order valence-electron chi connectivity index (χ3n) is 2.00. The molecule has 5 nitrogen and oxygen atoms in total. The van der Waals surface area contributed by atoms with Gasteiger partial charge in [0.05, 0.1) is 11.7 Å². The van der Waals surface area contributed by atoms with Crippen molar-refractivity contribution in [2.24, 2.45) is 5.73 Å². The zero-order valence-corrected chi connectivity index (χ0v) is 12.7. The van der Waals surface area contributed by atoms with Crippen molar-refractivity contribution in [1.29, 1.82) is 0 Å². The third kappa shape index (κ3) is 3.17. The molecule has 0 aliphatic rings. The molecule has 0 amide bonds. The van der Waals surface area contributed by atoms with E-state index in [0.717, 1.165) is 13.7 Å². The maximum Gasteiger partial charge on any atom is 0.320 e. The number of halogens is 2. The molecular formula is C10H10BrIN4O. The molecule has 0 saturated carbocycles. The van der Waals surface area contributed by atoms with Gasteiger partial charge in [0.15, 0.2) is 0 Å². The van der Waals surface area contributed by atoms with Crippen LogP contribution in [0.2, 0.25) is 0 Å². The topological polar surface area (TPSA) is 77.0 Å². The number of anilines is 2. The minimum absolute atomic E-state index is 0.264. The van der Waals surface area contributed by atoms with Crippen LogP contribution in [0.3, 0.4) is 0 Å². The molecule has 0 saturated heterocycles. The van der Waals surface area contributed by atoms with Gasteiger partial charge in [0, 0.05) is 8.04 Å². The summed E-state index contributed by atoms with van der Waals surface area (Å²) >= 11 is 5.63. The second-order valence-corrected chi connectivity index (χ2v) is 5.56. The van der Waals surface area contributed by atoms with Gasteiger partial charge >= 0.3 is 6.01 Å². The van der Waals surface area contributed by atoms with Crippen LogP contribution in [0, 0.1) is 3.57 Å². The summed E-state index contributed by atoms with van der Waals surface area (Å²) in [6.07, 6.45) is 0. The Morgan fingerprint density at radius 1 is 1.47 bits per heavy atom. The lowest BCUT2D eigenvalue weighted by Crippen LogP contribution is -2.04. The molecule has 1 heterocycles. The second-order valence-electron chi connectivity index (χ2n) is 3.48. The van der Waals surface area contributed by atoms with Crippen molar-refractivity contribution < 1.29 is 4.42 Å². The Labute approximate surface area is 120 Å². The maximum absolute atomic E-state index is 5.64. The maximum atomic E-state index is 5.64. The van der Waals surface area contributed by atoms with Crippen molar-refractivity contribution in [2.75, 3.05) is 5.32 Å². The van der Waals surface area contributed by atoms with Gasteiger partial charge in [-0.2, -0.15) is 0 Å². The van der Waals surface area contributed by atoms with E-state index in [2.05, 4.69) is 54.0 Å². The van der Waals surface area contributed by atoms with Crippen LogP contribution in [0.25, 0.3) is 0 Å². The number of hydrogen-bond acceptors (Lipinski definition) is 5. The summed E-state index contributed by atoms with van der Waals surface area (Å²) in [7, 11) is 0. The number of nitrogens with one attached hydrogen (secondary N) is 1. The lowest BCUT2D eigenvalue weighted by molar-refractivity contribution is 0.475. The fourth-order valence-corrected chi connectivity index (χ4v) is 2.01. The van der Waals surface area contributed by atoms with Crippen molar-refractivity contribution in [3.63, 3.8) is 0 Å². The third-order valence-corrected chi connectivity index (χ3v) is 3.43. The molecule has 1 atom stereocenters. The van der Waals surface area contributed by atoms with E-state index >= 15 is 0 Å². The number of rotatable bonds is 3. The number of nitrogens with zero attached hydrogens (tertiary/aromatic N) is 2. The molecule has 0 bridgehead atoms. The molecule has 3 N–H and O–H groups in total. The Bertz CT molecular complexity index is 529. The van der Waals surface area contributed by atoms with Gasteiger partial charge in [-0.05, 0) is 47.7 Å². The Kier molecular flexibility index (Phi) is 4.00. The van der Waals surface area contributed by atoms with E-state index in [9.17, 15) is 0 Å². The van der Waals surface area contributed by atoms with E-state index in [1.807, 2.05) is 18.2 Å². The fraction of sp³-hybridized carbons (Fsp3) is 0.200. The van der Waals surface area contributed by atoms with Crippen molar-refractivity contribution in [3.8, 4) is 0 Å². The summed E-state index contributed by atoms with van der Waals surface area (Å²) in [6, 6.07) is 5.97. The summed E-state index contributed by atoms with van der Waals surface area (Å²) in [6.45, 7) is 1.79. The Morgan fingerprint density at radius 3 is 2.88 bits per heavy atom. The van der Waals surface area contributed by atoms with E-state index in [1.165, 1.54) is 0 Å². The largest absolute Gasteiger partial charge is 0.406 e. The lowest BCUT2D eigenvalue weighted by Gasteiger charge is -2.04. The molecule has 0 aliphatic carbocycles. The number of benzene rings is 1. The van der Waals surface area contributed by atoms with E-state index in [4.69, 9.17) is 10.2 Å². The van der Waals surface area contributed by atoms with E-state index in [0.29, 0.717) is 11.9 Å². The standard InChI is InChI=1S/C10H10BrIN4O/c1-5(13)9-15-16-10(17-9)14-8-4-6(11)2-3-7(8)12/h2-5H,13H2,1H3,(H,14,16). The van der Waals surface area contributed by atoms with E-state index in [-0.39, 0.29) is 6.04 Å². The van der Waals surface area contributed by atoms with Gasteiger partial charge < -0.3 is 15.5 Å². The molecule has 1 aromatic carbocycles. The van der Waals surface area contributed by atoms with Crippen molar-refractivity contribution in [3.05, 3.63) is 32.1 Å². The van der Waals surface area contributed by atoms with Gasteiger partial charge in [-0.1, -0.05) is 21.0 Å². The van der Waals surface area contributed by atoms with E-state index < -0.39 is 0 Å². The van der Waals surface area contributed by atoms with Crippen LogP contribution < -0.4 is 11.1 Å². The highest BCUT2D eigenvalue weighted by Gasteiger charge is 2.11. The monoisotopic (exact) mass is 408 g/mol. The molecule has 2 rings (SSSR count). The Morgan fingerprint density at radius 2 is 2.24 bits per heavy atom. The molecule has 7 heteroatoms. The molecule has 17 heavy (non-hydrogen) atoms. The number of aromatic nitrogens is 2. The van der Waals surface area contributed by atoms with Crippen LogP contribution >= 0.6 is 38.5 Å². The summed E-state index contributed by atoms with van der Waals surface area (Å²) in [4.78, 5) is 0. The quantitative estimate of drug-likeness (QED) is 0.762. The molecule has 0 radical (unpaired) electrons. The summed E-state index contributed by atoms with van der Waals surface area (Å²) in [5.74, 6) is 0.414. The SMILES string of the molecule is CC(N)c1nnc(Nc2cc(Br)ccc2I)o1. The first-order chi connectivity index (χ1) is 8.06. The zero-order chi connectivity index (χ0) is 12.4. The molecule has 2 aromatic rings. The molecule has 1 aromatic heterocycles. The lowest BCUT2D eigenvalue weighted by atomic mass is 10.3. The van der Waals surface area contributed by atoms with Crippen LogP contribution in [0.5, 0.6) is 0 Å². The summed E-state index contributed by atoms with van der Waals surface area (Å²) in [5.41, 5.74) is 6.54. The highest BCUT2D eigenvalue weighted by atomic mass is 127. The second kappa shape index (κ2) is 5.32. The van der Waals surface area contributed by atoms with Gasteiger partial charge in [0.2, 0.25) is 5.89 Å². The minimum atomic E-state index is -0.264. The Hall–Kier alpha value is -0.670. The summed E-state index contributed by atoms with van der Waals surface area (Å²) < 4.78 is 7.41. The van der Waals surface area contributed by atoms with Crippen molar-refractivity contribution in [2.45, 2.75) is 13.0 Å². The predicted octanol–water partition coefficient (Wildman–Crippen LogP) is 3.20. The molecule has 0 aliphatic heterocycles. The van der Waals surface area contributed by atoms with Crippen LogP contribution in [-0.2, 0) is 0 Å².